The molecule has 0 amide bonds. The standard InChI is InChI=1S/C12H16INO/c13-11-5-1-2-6-12(11)15-9-10-4-3-7-14-8-10/h1-2,5-6,10,14H,3-4,7-9H2. The minimum atomic E-state index is 0.676. The number of rotatable bonds is 3. The Balaban J connectivity index is 1.84. The van der Waals surface area contributed by atoms with Gasteiger partial charge in [-0.3, -0.25) is 0 Å². The Bertz CT molecular complexity index is 310. The van der Waals surface area contributed by atoms with E-state index in [-0.39, 0.29) is 0 Å². The Kier molecular flexibility index (Phi) is 4.26. The van der Waals surface area contributed by atoms with Gasteiger partial charge in [0.15, 0.2) is 0 Å². The first-order valence-electron chi connectivity index (χ1n) is 5.44. The van der Waals surface area contributed by atoms with Crippen molar-refractivity contribution in [1.82, 2.24) is 5.32 Å². The minimum absolute atomic E-state index is 0.676. The molecule has 82 valence electrons. The number of hydrogen-bond acceptors (Lipinski definition) is 2. The summed E-state index contributed by atoms with van der Waals surface area (Å²) in [6, 6.07) is 8.18. The highest BCUT2D eigenvalue weighted by molar-refractivity contribution is 14.1. The number of piperidine rings is 1. The van der Waals surface area contributed by atoms with Crippen molar-refractivity contribution in [2.75, 3.05) is 19.7 Å². The molecular weight excluding hydrogens is 301 g/mol. The topological polar surface area (TPSA) is 21.3 Å². The summed E-state index contributed by atoms with van der Waals surface area (Å²) in [6.45, 7) is 3.11. The van der Waals surface area contributed by atoms with Crippen LogP contribution in [-0.4, -0.2) is 19.7 Å². The molecule has 0 saturated carbocycles. The lowest BCUT2D eigenvalue weighted by atomic mass is 10.0. The zero-order valence-electron chi connectivity index (χ0n) is 8.71. The summed E-state index contributed by atoms with van der Waals surface area (Å²) in [6.07, 6.45) is 2.57. The summed E-state index contributed by atoms with van der Waals surface area (Å²) in [7, 11) is 0. The van der Waals surface area contributed by atoms with E-state index in [1.807, 2.05) is 18.2 Å². The van der Waals surface area contributed by atoms with Gasteiger partial charge in [0.25, 0.3) is 0 Å². The van der Waals surface area contributed by atoms with Gasteiger partial charge < -0.3 is 10.1 Å². The number of para-hydroxylation sites is 1. The Morgan fingerprint density at radius 3 is 3.00 bits per heavy atom. The second-order valence-electron chi connectivity index (χ2n) is 3.95. The van der Waals surface area contributed by atoms with Gasteiger partial charge in [-0.05, 0) is 54.1 Å². The highest BCUT2D eigenvalue weighted by Crippen LogP contribution is 2.21. The van der Waals surface area contributed by atoms with Crippen LogP contribution in [0.2, 0.25) is 0 Å². The van der Waals surface area contributed by atoms with Crippen LogP contribution in [0.4, 0.5) is 0 Å². The number of benzene rings is 1. The highest BCUT2D eigenvalue weighted by atomic mass is 127. The summed E-state index contributed by atoms with van der Waals surface area (Å²) in [4.78, 5) is 0. The molecule has 1 heterocycles. The van der Waals surface area contributed by atoms with Crippen molar-refractivity contribution in [3.63, 3.8) is 0 Å². The number of nitrogens with one attached hydrogen (secondary N) is 1. The monoisotopic (exact) mass is 317 g/mol. The lowest BCUT2D eigenvalue weighted by Gasteiger charge is -2.23. The van der Waals surface area contributed by atoms with E-state index in [1.165, 1.54) is 23.0 Å². The van der Waals surface area contributed by atoms with Crippen LogP contribution in [0.15, 0.2) is 24.3 Å². The van der Waals surface area contributed by atoms with Crippen molar-refractivity contribution < 1.29 is 4.74 Å². The maximum atomic E-state index is 5.83. The maximum Gasteiger partial charge on any atom is 0.132 e. The molecule has 1 atom stereocenters. The average molecular weight is 317 g/mol. The van der Waals surface area contributed by atoms with Gasteiger partial charge in [0.1, 0.15) is 5.75 Å². The summed E-state index contributed by atoms with van der Waals surface area (Å²) in [5.41, 5.74) is 0. The summed E-state index contributed by atoms with van der Waals surface area (Å²) >= 11 is 2.31. The zero-order chi connectivity index (χ0) is 10.5. The van der Waals surface area contributed by atoms with Gasteiger partial charge in [0, 0.05) is 12.5 Å². The first-order chi connectivity index (χ1) is 7.36. The normalized spacial score (nSPS) is 21.3. The van der Waals surface area contributed by atoms with E-state index in [2.05, 4.69) is 34.0 Å². The van der Waals surface area contributed by atoms with Crippen LogP contribution >= 0.6 is 22.6 Å². The zero-order valence-corrected chi connectivity index (χ0v) is 10.9. The molecule has 1 fully saturated rings. The van der Waals surface area contributed by atoms with E-state index >= 15 is 0 Å². The fraction of sp³-hybridized carbons (Fsp3) is 0.500. The fourth-order valence-electron chi connectivity index (χ4n) is 1.84. The van der Waals surface area contributed by atoms with Crippen LogP contribution in [-0.2, 0) is 0 Å². The predicted octanol–water partition coefficient (Wildman–Crippen LogP) is 2.67. The third-order valence-corrected chi connectivity index (χ3v) is 3.60. The molecule has 0 radical (unpaired) electrons. The molecular formula is C12H16INO. The van der Waals surface area contributed by atoms with E-state index < -0.39 is 0 Å². The van der Waals surface area contributed by atoms with Gasteiger partial charge >= 0.3 is 0 Å². The van der Waals surface area contributed by atoms with Gasteiger partial charge in [-0.1, -0.05) is 12.1 Å². The van der Waals surface area contributed by atoms with Crippen LogP contribution in [0.3, 0.4) is 0 Å². The van der Waals surface area contributed by atoms with E-state index in [9.17, 15) is 0 Å². The average Bonchev–Trinajstić information content (AvgIpc) is 2.29. The van der Waals surface area contributed by atoms with Gasteiger partial charge in [-0.2, -0.15) is 0 Å². The van der Waals surface area contributed by atoms with Gasteiger partial charge in [-0.25, -0.2) is 0 Å². The molecule has 1 N–H and O–H groups in total. The molecule has 15 heavy (non-hydrogen) atoms. The van der Waals surface area contributed by atoms with Crippen LogP contribution in [0.5, 0.6) is 5.75 Å². The molecule has 3 heteroatoms. The molecule has 1 unspecified atom stereocenters. The summed E-state index contributed by atoms with van der Waals surface area (Å²) in [5, 5.41) is 3.40. The first-order valence-corrected chi connectivity index (χ1v) is 6.52. The third-order valence-electron chi connectivity index (χ3n) is 2.71. The molecule has 0 aromatic heterocycles. The third kappa shape index (κ3) is 3.34. The SMILES string of the molecule is Ic1ccccc1OCC1CCCNC1. The highest BCUT2D eigenvalue weighted by Gasteiger charge is 2.13. The molecule has 1 aliphatic heterocycles. The van der Waals surface area contributed by atoms with Gasteiger partial charge in [0.2, 0.25) is 0 Å². The number of halogens is 1. The Hall–Kier alpha value is -0.290. The lowest BCUT2D eigenvalue weighted by molar-refractivity contribution is 0.217. The Morgan fingerprint density at radius 1 is 1.40 bits per heavy atom. The van der Waals surface area contributed by atoms with Crippen molar-refractivity contribution in [2.45, 2.75) is 12.8 Å². The molecule has 1 aliphatic rings. The Morgan fingerprint density at radius 2 is 2.27 bits per heavy atom. The molecule has 0 aliphatic carbocycles. The molecule has 2 rings (SSSR count). The van der Waals surface area contributed by atoms with Crippen molar-refractivity contribution in [3.05, 3.63) is 27.8 Å². The van der Waals surface area contributed by atoms with Crippen LogP contribution in [0.1, 0.15) is 12.8 Å². The van der Waals surface area contributed by atoms with Crippen LogP contribution in [0, 0.1) is 9.49 Å². The molecule has 1 aromatic rings. The van der Waals surface area contributed by atoms with Crippen molar-refractivity contribution in [3.8, 4) is 5.75 Å². The molecule has 1 aromatic carbocycles. The van der Waals surface area contributed by atoms with E-state index in [0.29, 0.717) is 5.92 Å². The van der Waals surface area contributed by atoms with E-state index in [0.717, 1.165) is 18.9 Å². The smallest absolute Gasteiger partial charge is 0.132 e. The Labute approximate surface area is 105 Å². The largest absolute Gasteiger partial charge is 0.492 e. The van der Waals surface area contributed by atoms with Crippen molar-refractivity contribution in [1.29, 1.82) is 0 Å². The second kappa shape index (κ2) is 5.70. The van der Waals surface area contributed by atoms with Gasteiger partial charge in [0.05, 0.1) is 10.2 Å². The molecule has 0 bridgehead atoms. The second-order valence-corrected chi connectivity index (χ2v) is 5.12. The number of ether oxygens (including phenoxy) is 1. The van der Waals surface area contributed by atoms with Crippen molar-refractivity contribution in [2.24, 2.45) is 5.92 Å². The first kappa shape index (κ1) is 11.2. The van der Waals surface area contributed by atoms with Crippen molar-refractivity contribution >= 4 is 22.6 Å². The van der Waals surface area contributed by atoms with E-state index in [1.54, 1.807) is 0 Å². The van der Waals surface area contributed by atoms with Crippen LogP contribution in [0.25, 0.3) is 0 Å². The van der Waals surface area contributed by atoms with Gasteiger partial charge in [-0.15, -0.1) is 0 Å². The summed E-state index contributed by atoms with van der Waals surface area (Å²) in [5.74, 6) is 1.69. The molecule has 2 nitrogen and oxygen atoms in total. The quantitative estimate of drug-likeness (QED) is 0.866. The minimum Gasteiger partial charge on any atom is -0.492 e. The van der Waals surface area contributed by atoms with Crippen LogP contribution < -0.4 is 10.1 Å². The van der Waals surface area contributed by atoms with E-state index in [4.69, 9.17) is 4.74 Å². The fourth-order valence-corrected chi connectivity index (χ4v) is 2.38. The predicted molar refractivity (Wildman–Crippen MR) is 70.2 cm³/mol. The molecule has 0 spiro atoms. The maximum absolute atomic E-state index is 5.83. The summed E-state index contributed by atoms with van der Waals surface area (Å²) < 4.78 is 7.02. The lowest BCUT2D eigenvalue weighted by Crippen LogP contribution is -2.33. The molecule has 1 saturated heterocycles. The number of hydrogen-bond donors (Lipinski definition) is 1.